The Balaban J connectivity index is 2.36. The summed E-state index contributed by atoms with van der Waals surface area (Å²) in [5.74, 6) is 0.863. The standard InChI is InChI=1S/C14H18N2OS/c1-9-4-5-13(17-3)12(6-9)14-16-11(8-18-14)7-10(2)15/h4-6,8,10H,7,15H2,1-3H3. The molecule has 4 heteroatoms. The summed E-state index contributed by atoms with van der Waals surface area (Å²) in [6, 6.07) is 6.27. The maximum absolute atomic E-state index is 5.79. The van der Waals surface area contributed by atoms with Gasteiger partial charge in [-0.1, -0.05) is 11.6 Å². The number of nitrogens with two attached hydrogens (primary N) is 1. The zero-order valence-corrected chi connectivity index (χ0v) is 11.8. The Kier molecular flexibility index (Phi) is 3.99. The summed E-state index contributed by atoms with van der Waals surface area (Å²) in [5.41, 5.74) is 9.10. The Bertz CT molecular complexity index is 534. The van der Waals surface area contributed by atoms with Crippen LogP contribution in [0.3, 0.4) is 0 Å². The van der Waals surface area contributed by atoms with E-state index < -0.39 is 0 Å². The van der Waals surface area contributed by atoms with E-state index in [2.05, 4.69) is 23.4 Å². The molecule has 18 heavy (non-hydrogen) atoms. The van der Waals surface area contributed by atoms with Crippen molar-refractivity contribution in [2.75, 3.05) is 7.11 Å². The van der Waals surface area contributed by atoms with Crippen molar-refractivity contribution in [1.29, 1.82) is 0 Å². The van der Waals surface area contributed by atoms with Gasteiger partial charge in [0.1, 0.15) is 10.8 Å². The number of benzene rings is 1. The molecule has 0 aliphatic heterocycles. The topological polar surface area (TPSA) is 48.1 Å². The molecule has 1 aromatic carbocycles. The van der Waals surface area contributed by atoms with Gasteiger partial charge in [0.15, 0.2) is 0 Å². The van der Waals surface area contributed by atoms with Crippen LogP contribution in [0, 0.1) is 6.92 Å². The highest BCUT2D eigenvalue weighted by Crippen LogP contribution is 2.33. The maximum atomic E-state index is 5.79. The minimum Gasteiger partial charge on any atom is -0.496 e. The van der Waals surface area contributed by atoms with E-state index >= 15 is 0 Å². The molecule has 0 spiro atoms. The number of thiazole rings is 1. The van der Waals surface area contributed by atoms with Crippen LogP contribution in [0.2, 0.25) is 0 Å². The first-order chi connectivity index (χ1) is 8.60. The second kappa shape index (κ2) is 5.50. The zero-order valence-electron chi connectivity index (χ0n) is 10.9. The normalized spacial score (nSPS) is 12.4. The maximum Gasteiger partial charge on any atom is 0.129 e. The summed E-state index contributed by atoms with van der Waals surface area (Å²) in [7, 11) is 1.69. The average molecular weight is 262 g/mol. The van der Waals surface area contributed by atoms with Crippen LogP contribution in [0.15, 0.2) is 23.6 Å². The van der Waals surface area contributed by atoms with Crippen molar-refractivity contribution in [3.8, 4) is 16.3 Å². The van der Waals surface area contributed by atoms with E-state index in [1.807, 2.05) is 19.1 Å². The van der Waals surface area contributed by atoms with E-state index in [4.69, 9.17) is 10.5 Å². The lowest BCUT2D eigenvalue weighted by molar-refractivity contribution is 0.416. The SMILES string of the molecule is COc1ccc(C)cc1-c1nc(CC(C)N)cs1. The molecule has 0 saturated heterocycles. The molecule has 2 aromatic rings. The number of methoxy groups -OCH3 is 1. The minimum atomic E-state index is 0.138. The minimum absolute atomic E-state index is 0.138. The predicted octanol–water partition coefficient (Wildman–Crippen LogP) is 3.02. The van der Waals surface area contributed by atoms with E-state index in [0.717, 1.165) is 28.4 Å². The second-order valence-electron chi connectivity index (χ2n) is 4.53. The third kappa shape index (κ3) is 2.89. The van der Waals surface area contributed by atoms with Crippen molar-refractivity contribution in [2.45, 2.75) is 26.3 Å². The largest absolute Gasteiger partial charge is 0.496 e. The van der Waals surface area contributed by atoms with Gasteiger partial charge in [-0.05, 0) is 26.0 Å². The van der Waals surface area contributed by atoms with Crippen LogP contribution in [0.25, 0.3) is 10.6 Å². The van der Waals surface area contributed by atoms with Gasteiger partial charge in [-0.15, -0.1) is 11.3 Å². The number of rotatable bonds is 4. The van der Waals surface area contributed by atoms with E-state index in [0.29, 0.717) is 0 Å². The van der Waals surface area contributed by atoms with Gasteiger partial charge >= 0.3 is 0 Å². The highest BCUT2D eigenvalue weighted by Gasteiger charge is 2.11. The molecule has 96 valence electrons. The van der Waals surface area contributed by atoms with Crippen LogP contribution in [0.1, 0.15) is 18.2 Å². The van der Waals surface area contributed by atoms with E-state index in [1.165, 1.54) is 5.56 Å². The molecule has 0 aliphatic carbocycles. The number of ether oxygens (including phenoxy) is 1. The molecule has 0 amide bonds. The van der Waals surface area contributed by atoms with Crippen molar-refractivity contribution in [1.82, 2.24) is 4.98 Å². The zero-order chi connectivity index (χ0) is 13.1. The molecular formula is C14H18N2OS. The fraction of sp³-hybridized carbons (Fsp3) is 0.357. The number of aryl methyl sites for hydroxylation is 1. The van der Waals surface area contributed by atoms with Gasteiger partial charge in [-0.2, -0.15) is 0 Å². The lowest BCUT2D eigenvalue weighted by Gasteiger charge is -2.06. The molecule has 0 radical (unpaired) electrons. The molecule has 0 bridgehead atoms. The molecule has 0 aliphatic rings. The Morgan fingerprint density at radius 1 is 1.44 bits per heavy atom. The Labute approximate surface area is 112 Å². The summed E-state index contributed by atoms with van der Waals surface area (Å²) >= 11 is 1.64. The Morgan fingerprint density at radius 2 is 2.22 bits per heavy atom. The average Bonchev–Trinajstić information content (AvgIpc) is 2.76. The van der Waals surface area contributed by atoms with Crippen LogP contribution >= 0.6 is 11.3 Å². The monoisotopic (exact) mass is 262 g/mol. The second-order valence-corrected chi connectivity index (χ2v) is 5.39. The third-order valence-corrected chi connectivity index (χ3v) is 3.59. The first-order valence-corrected chi connectivity index (χ1v) is 6.83. The number of hydrogen-bond donors (Lipinski definition) is 1. The van der Waals surface area contributed by atoms with Crippen LogP contribution in [0.5, 0.6) is 5.75 Å². The first kappa shape index (κ1) is 13.1. The highest BCUT2D eigenvalue weighted by atomic mass is 32.1. The van der Waals surface area contributed by atoms with Gasteiger partial charge in [0.25, 0.3) is 0 Å². The van der Waals surface area contributed by atoms with Crippen molar-refractivity contribution < 1.29 is 4.74 Å². The Morgan fingerprint density at radius 3 is 2.89 bits per heavy atom. The number of hydrogen-bond acceptors (Lipinski definition) is 4. The molecule has 0 saturated carbocycles. The summed E-state index contributed by atoms with van der Waals surface area (Å²) in [6.45, 7) is 4.06. The molecule has 2 rings (SSSR count). The third-order valence-electron chi connectivity index (χ3n) is 2.67. The summed E-state index contributed by atoms with van der Waals surface area (Å²) in [6.07, 6.45) is 0.810. The molecule has 1 heterocycles. The van der Waals surface area contributed by atoms with Crippen molar-refractivity contribution >= 4 is 11.3 Å². The molecular weight excluding hydrogens is 244 g/mol. The van der Waals surface area contributed by atoms with E-state index in [-0.39, 0.29) is 6.04 Å². The lowest BCUT2D eigenvalue weighted by Crippen LogP contribution is -2.17. The van der Waals surface area contributed by atoms with Gasteiger partial charge in [0.2, 0.25) is 0 Å². The molecule has 1 atom stereocenters. The summed E-state index contributed by atoms with van der Waals surface area (Å²) in [4.78, 5) is 4.63. The lowest BCUT2D eigenvalue weighted by atomic mass is 10.1. The highest BCUT2D eigenvalue weighted by molar-refractivity contribution is 7.13. The first-order valence-electron chi connectivity index (χ1n) is 5.95. The molecule has 1 aromatic heterocycles. The number of nitrogens with zero attached hydrogens (tertiary/aromatic N) is 1. The molecule has 0 fully saturated rings. The van der Waals surface area contributed by atoms with Crippen molar-refractivity contribution in [3.63, 3.8) is 0 Å². The Hall–Kier alpha value is -1.39. The van der Waals surface area contributed by atoms with Crippen molar-refractivity contribution in [2.24, 2.45) is 5.73 Å². The van der Waals surface area contributed by atoms with Gasteiger partial charge in [-0.3, -0.25) is 0 Å². The van der Waals surface area contributed by atoms with Crippen LogP contribution in [-0.4, -0.2) is 18.1 Å². The fourth-order valence-corrected chi connectivity index (χ4v) is 2.70. The van der Waals surface area contributed by atoms with Crippen LogP contribution < -0.4 is 10.5 Å². The predicted molar refractivity (Wildman–Crippen MR) is 76.2 cm³/mol. The van der Waals surface area contributed by atoms with Crippen molar-refractivity contribution in [3.05, 3.63) is 34.8 Å². The van der Waals surface area contributed by atoms with Gasteiger partial charge in [0.05, 0.1) is 18.4 Å². The van der Waals surface area contributed by atoms with E-state index in [1.54, 1.807) is 18.4 Å². The molecule has 1 unspecified atom stereocenters. The molecule has 2 N–H and O–H groups in total. The number of aromatic nitrogens is 1. The van der Waals surface area contributed by atoms with Crippen LogP contribution in [0.4, 0.5) is 0 Å². The van der Waals surface area contributed by atoms with Gasteiger partial charge in [-0.25, -0.2) is 4.98 Å². The fourth-order valence-electron chi connectivity index (χ4n) is 1.84. The smallest absolute Gasteiger partial charge is 0.129 e. The van der Waals surface area contributed by atoms with Gasteiger partial charge in [0, 0.05) is 17.8 Å². The molecule has 3 nitrogen and oxygen atoms in total. The summed E-state index contributed by atoms with van der Waals surface area (Å²) < 4.78 is 5.39. The van der Waals surface area contributed by atoms with Gasteiger partial charge < -0.3 is 10.5 Å². The summed E-state index contributed by atoms with van der Waals surface area (Å²) in [5, 5.41) is 3.06. The quantitative estimate of drug-likeness (QED) is 0.921. The van der Waals surface area contributed by atoms with E-state index in [9.17, 15) is 0 Å². The van der Waals surface area contributed by atoms with Crippen LogP contribution in [-0.2, 0) is 6.42 Å².